The van der Waals surface area contributed by atoms with Crippen molar-refractivity contribution in [3.05, 3.63) is 109 Å². The fourth-order valence-corrected chi connectivity index (χ4v) is 5.41. The topological polar surface area (TPSA) is 27.7 Å². The van der Waals surface area contributed by atoms with E-state index in [-0.39, 0.29) is 17.1 Å². The van der Waals surface area contributed by atoms with Crippen LogP contribution >= 0.6 is 0 Å². The maximum Gasteiger partial charge on any atom is 0.197 e. The van der Waals surface area contributed by atoms with E-state index < -0.39 is 0 Å². The molecule has 2 atom stereocenters. The smallest absolute Gasteiger partial charge is 0.197 e. The molecular formula is C48H78O3. The van der Waals surface area contributed by atoms with Gasteiger partial charge in [-0.1, -0.05) is 169 Å². The predicted molar refractivity (Wildman–Crippen MR) is 226 cm³/mol. The molecule has 0 heterocycles. The van der Waals surface area contributed by atoms with Gasteiger partial charge in [0.15, 0.2) is 6.29 Å². The first-order valence-electron chi connectivity index (χ1n) is 19.5. The van der Waals surface area contributed by atoms with Crippen molar-refractivity contribution in [3.63, 3.8) is 0 Å². The van der Waals surface area contributed by atoms with E-state index in [4.69, 9.17) is 14.2 Å². The van der Waals surface area contributed by atoms with Gasteiger partial charge in [0.1, 0.15) is 18.1 Å². The monoisotopic (exact) mass is 703 g/mol. The highest BCUT2D eigenvalue weighted by Crippen LogP contribution is 2.43. The molecule has 3 heteroatoms. The molecule has 1 aliphatic carbocycles. The van der Waals surface area contributed by atoms with Crippen LogP contribution in [0.5, 0.6) is 11.5 Å². The highest BCUT2D eigenvalue weighted by atomic mass is 16.7. The maximum absolute atomic E-state index is 5.99. The molecule has 2 aromatic carbocycles. The second kappa shape index (κ2) is 25.8. The molecule has 0 aromatic heterocycles. The lowest BCUT2D eigenvalue weighted by molar-refractivity contribution is -0.0739. The van der Waals surface area contributed by atoms with Crippen LogP contribution in [0.15, 0.2) is 98.1 Å². The van der Waals surface area contributed by atoms with Crippen LogP contribution in [-0.4, -0.2) is 19.5 Å². The molecular weight excluding hydrogens is 625 g/mol. The summed E-state index contributed by atoms with van der Waals surface area (Å²) in [5.74, 6) is 2.97. The standard InChI is InChI=1S/C32H48O3.C6H14.C6H10.C4H6/c1-24(33-21-22-34-28-17-13-26(14-18-28)25-11-9-8-10-12-25)35-29-19-15-27(16-20-29)30(32(5,6)7)23-31(2,3)4;1-5-6(2,3)4;1-3-5-6-4-2;1-3-4-2/h13-20,24-25,30H,8-12,21-23H2,1-7H3;5H2,1-4H3;3-6H,1-2H3;3-4H,1-2H2/b;;5-3-,6-4-;. The zero-order valence-corrected chi connectivity index (χ0v) is 35.3. The molecule has 0 saturated heterocycles. The molecule has 1 aliphatic rings. The summed E-state index contributed by atoms with van der Waals surface area (Å²) in [4.78, 5) is 0. The summed E-state index contributed by atoms with van der Waals surface area (Å²) in [6.45, 7) is 36.5. The lowest BCUT2D eigenvalue weighted by atomic mass is 9.69. The van der Waals surface area contributed by atoms with Crippen LogP contribution < -0.4 is 9.47 Å². The molecule has 1 saturated carbocycles. The number of rotatable bonds is 12. The third-order valence-corrected chi connectivity index (χ3v) is 8.83. The van der Waals surface area contributed by atoms with E-state index >= 15 is 0 Å². The number of benzene rings is 2. The van der Waals surface area contributed by atoms with Crippen molar-refractivity contribution in [2.45, 2.75) is 153 Å². The SMILES string of the molecule is C/C=C\C=C/C.C=CC=C.CC(OCCOc1ccc(C2CCCCC2)cc1)Oc1ccc(C(CC(C)(C)C)C(C)(C)C)cc1.CCC(C)(C)C. The Morgan fingerprint density at radius 1 is 0.706 bits per heavy atom. The Bertz CT molecular complexity index is 1190. The van der Waals surface area contributed by atoms with E-state index in [1.54, 1.807) is 12.2 Å². The van der Waals surface area contributed by atoms with E-state index in [2.05, 4.69) is 131 Å². The van der Waals surface area contributed by atoms with Gasteiger partial charge < -0.3 is 14.2 Å². The molecule has 2 unspecified atom stereocenters. The molecule has 288 valence electrons. The summed E-state index contributed by atoms with van der Waals surface area (Å²) in [5, 5.41) is 0. The van der Waals surface area contributed by atoms with Crippen molar-refractivity contribution in [1.29, 1.82) is 0 Å². The van der Waals surface area contributed by atoms with Crippen LogP contribution in [0.2, 0.25) is 0 Å². The maximum atomic E-state index is 5.99. The Morgan fingerprint density at radius 3 is 1.61 bits per heavy atom. The van der Waals surface area contributed by atoms with Gasteiger partial charge in [-0.15, -0.1) is 0 Å². The van der Waals surface area contributed by atoms with Crippen LogP contribution in [0.25, 0.3) is 0 Å². The largest absolute Gasteiger partial charge is 0.491 e. The minimum Gasteiger partial charge on any atom is -0.491 e. The van der Waals surface area contributed by atoms with Gasteiger partial charge >= 0.3 is 0 Å². The summed E-state index contributed by atoms with van der Waals surface area (Å²) in [5.41, 5.74) is 3.86. The lowest BCUT2D eigenvalue weighted by Gasteiger charge is -2.36. The molecule has 0 spiro atoms. The Hall–Kier alpha value is -3.04. The Kier molecular flexibility index (Phi) is 24.3. The summed E-state index contributed by atoms with van der Waals surface area (Å²) < 4.78 is 17.7. The normalized spacial score (nSPS) is 14.9. The molecule has 0 aliphatic heterocycles. The van der Waals surface area contributed by atoms with Gasteiger partial charge in [0, 0.05) is 0 Å². The summed E-state index contributed by atoms with van der Waals surface area (Å²) in [7, 11) is 0. The summed E-state index contributed by atoms with van der Waals surface area (Å²) >= 11 is 0. The molecule has 3 nitrogen and oxygen atoms in total. The first-order valence-corrected chi connectivity index (χ1v) is 19.5. The van der Waals surface area contributed by atoms with Gasteiger partial charge in [-0.2, -0.15) is 0 Å². The lowest BCUT2D eigenvalue weighted by Crippen LogP contribution is -2.24. The van der Waals surface area contributed by atoms with Gasteiger partial charge in [0.25, 0.3) is 0 Å². The molecule has 2 aromatic rings. The average Bonchev–Trinajstić information content (AvgIpc) is 3.09. The van der Waals surface area contributed by atoms with E-state index in [0.29, 0.717) is 24.5 Å². The molecule has 51 heavy (non-hydrogen) atoms. The highest BCUT2D eigenvalue weighted by molar-refractivity contribution is 5.31. The number of ether oxygens (including phenoxy) is 3. The Balaban J connectivity index is 0.00000130. The van der Waals surface area contributed by atoms with Gasteiger partial charge in [-0.05, 0) is 104 Å². The Labute approximate surface area is 316 Å². The van der Waals surface area contributed by atoms with Crippen molar-refractivity contribution in [2.75, 3.05) is 13.2 Å². The number of hydrogen-bond acceptors (Lipinski definition) is 3. The van der Waals surface area contributed by atoms with Gasteiger partial charge in [0.2, 0.25) is 0 Å². The van der Waals surface area contributed by atoms with Gasteiger partial charge in [-0.3, -0.25) is 0 Å². The van der Waals surface area contributed by atoms with Crippen LogP contribution in [0.1, 0.15) is 158 Å². The predicted octanol–water partition coefficient (Wildman–Crippen LogP) is 15.1. The van der Waals surface area contributed by atoms with Crippen LogP contribution in [0, 0.1) is 16.2 Å². The first kappa shape index (κ1) is 48.0. The van der Waals surface area contributed by atoms with E-state index in [9.17, 15) is 0 Å². The second-order valence-corrected chi connectivity index (χ2v) is 17.0. The van der Waals surface area contributed by atoms with Crippen LogP contribution in [0.3, 0.4) is 0 Å². The third kappa shape index (κ3) is 24.7. The van der Waals surface area contributed by atoms with Crippen molar-refractivity contribution < 1.29 is 14.2 Å². The molecule has 3 rings (SSSR count). The molecule has 0 N–H and O–H groups in total. The van der Waals surface area contributed by atoms with E-state index in [0.717, 1.165) is 23.8 Å². The summed E-state index contributed by atoms with van der Waals surface area (Å²) in [6, 6.07) is 17.2. The van der Waals surface area contributed by atoms with Gasteiger partial charge in [0.05, 0.1) is 6.61 Å². The third-order valence-electron chi connectivity index (χ3n) is 8.83. The van der Waals surface area contributed by atoms with E-state index in [1.165, 1.54) is 49.7 Å². The number of hydrogen-bond donors (Lipinski definition) is 0. The van der Waals surface area contributed by atoms with Crippen LogP contribution in [-0.2, 0) is 4.74 Å². The quantitative estimate of drug-likeness (QED) is 0.125. The van der Waals surface area contributed by atoms with Crippen LogP contribution in [0.4, 0.5) is 0 Å². The number of allylic oxidation sites excluding steroid dienone is 6. The first-order chi connectivity index (χ1) is 23.9. The van der Waals surface area contributed by atoms with Gasteiger partial charge in [-0.25, -0.2) is 0 Å². The highest BCUT2D eigenvalue weighted by Gasteiger charge is 2.30. The van der Waals surface area contributed by atoms with Crippen molar-refractivity contribution >= 4 is 0 Å². The zero-order chi connectivity index (χ0) is 38.9. The van der Waals surface area contributed by atoms with Crippen molar-refractivity contribution in [1.82, 2.24) is 0 Å². The van der Waals surface area contributed by atoms with E-state index in [1.807, 2.05) is 45.1 Å². The fourth-order valence-electron chi connectivity index (χ4n) is 5.41. The van der Waals surface area contributed by atoms with Crippen molar-refractivity contribution in [3.8, 4) is 11.5 Å². The molecule has 0 radical (unpaired) electrons. The molecule has 0 amide bonds. The average molecular weight is 703 g/mol. The summed E-state index contributed by atoms with van der Waals surface area (Å²) in [6.07, 6.45) is 20.1. The zero-order valence-electron chi connectivity index (χ0n) is 35.3. The minimum atomic E-state index is -0.328. The minimum absolute atomic E-state index is 0.211. The molecule has 1 fully saturated rings. The fraction of sp³-hybridized carbons (Fsp3) is 0.583. The second-order valence-electron chi connectivity index (χ2n) is 17.0. The molecule has 0 bridgehead atoms. The van der Waals surface area contributed by atoms with Crippen molar-refractivity contribution in [2.24, 2.45) is 16.2 Å². The Morgan fingerprint density at radius 2 is 1.20 bits per heavy atom.